The van der Waals surface area contributed by atoms with Crippen LogP contribution in [0, 0.1) is 5.92 Å². The van der Waals surface area contributed by atoms with Crippen molar-refractivity contribution in [1.29, 1.82) is 0 Å². The molecule has 1 rings (SSSR count). The predicted molar refractivity (Wildman–Crippen MR) is 61.4 cm³/mol. The summed E-state index contributed by atoms with van der Waals surface area (Å²) in [7, 11) is 1.18. The van der Waals surface area contributed by atoms with Crippen molar-refractivity contribution in [3.63, 3.8) is 0 Å². The van der Waals surface area contributed by atoms with Crippen LogP contribution in [0.3, 0.4) is 0 Å². The van der Waals surface area contributed by atoms with Crippen LogP contribution in [0.2, 0.25) is 0 Å². The van der Waals surface area contributed by atoms with E-state index >= 15 is 0 Å². The molecule has 6 nitrogen and oxygen atoms in total. The number of nitrogens with zero attached hydrogens (tertiary/aromatic N) is 1. The van der Waals surface area contributed by atoms with Crippen LogP contribution in [0.5, 0.6) is 0 Å². The fourth-order valence-corrected chi connectivity index (χ4v) is 1.32. The van der Waals surface area contributed by atoms with Gasteiger partial charge in [0.2, 0.25) is 5.91 Å². The van der Waals surface area contributed by atoms with Crippen molar-refractivity contribution in [3.05, 3.63) is 0 Å². The summed E-state index contributed by atoms with van der Waals surface area (Å²) in [4.78, 5) is 27.4. The van der Waals surface area contributed by atoms with E-state index in [0.29, 0.717) is 6.54 Å². The Morgan fingerprint density at radius 3 is 2.24 bits per heavy atom. The third kappa shape index (κ3) is 5.65. The molecule has 0 aliphatic carbocycles. The molecular formula is C11H21NO5. The van der Waals surface area contributed by atoms with Gasteiger partial charge in [-0.1, -0.05) is 6.92 Å². The first-order valence-corrected chi connectivity index (χ1v) is 5.45. The maximum atomic E-state index is 11.5. The zero-order valence-corrected chi connectivity index (χ0v) is 11.0. The Kier molecular flexibility index (Phi) is 6.12. The number of rotatable bonds is 0. The van der Waals surface area contributed by atoms with Crippen molar-refractivity contribution < 1.29 is 24.5 Å². The third-order valence-corrected chi connectivity index (χ3v) is 2.09. The van der Waals surface area contributed by atoms with E-state index in [0.717, 1.165) is 6.42 Å². The van der Waals surface area contributed by atoms with Gasteiger partial charge in [0.05, 0.1) is 7.11 Å². The first kappa shape index (κ1) is 15.9. The van der Waals surface area contributed by atoms with E-state index < -0.39 is 11.7 Å². The lowest BCUT2D eigenvalue weighted by molar-refractivity contribution is -0.214. The van der Waals surface area contributed by atoms with Crippen molar-refractivity contribution >= 4 is 12.0 Å². The monoisotopic (exact) mass is 247 g/mol. The van der Waals surface area contributed by atoms with Crippen molar-refractivity contribution in [2.24, 2.45) is 5.92 Å². The number of hydrogen-bond donors (Lipinski definition) is 1. The van der Waals surface area contributed by atoms with E-state index in [1.165, 1.54) is 12.0 Å². The highest BCUT2D eigenvalue weighted by Crippen LogP contribution is 2.19. The maximum absolute atomic E-state index is 11.5. The van der Waals surface area contributed by atoms with E-state index in [2.05, 4.69) is 4.89 Å². The summed E-state index contributed by atoms with van der Waals surface area (Å²) < 4.78 is 5.11. The van der Waals surface area contributed by atoms with Crippen LogP contribution in [-0.4, -0.2) is 41.4 Å². The van der Waals surface area contributed by atoms with Gasteiger partial charge >= 0.3 is 6.09 Å². The Hall–Kier alpha value is -1.14. The smallest absolute Gasteiger partial charge is 0.417 e. The quantitative estimate of drug-likeness (QED) is 0.522. The van der Waals surface area contributed by atoms with Crippen molar-refractivity contribution in [1.82, 2.24) is 4.90 Å². The highest BCUT2D eigenvalue weighted by molar-refractivity contribution is 5.94. The lowest BCUT2D eigenvalue weighted by atomic mass is 10.1. The first-order valence-electron chi connectivity index (χ1n) is 5.45. The molecule has 0 aromatic rings. The number of ether oxygens (including phenoxy) is 1. The minimum Gasteiger partial charge on any atom is -0.443 e. The average Bonchev–Trinajstić information content (AvgIpc) is 2.46. The molecule has 0 saturated carbocycles. The van der Waals surface area contributed by atoms with Crippen LogP contribution in [-0.2, 0) is 14.4 Å². The van der Waals surface area contributed by atoms with Gasteiger partial charge < -0.3 is 4.74 Å². The van der Waals surface area contributed by atoms with Crippen LogP contribution < -0.4 is 0 Å². The number of amides is 2. The van der Waals surface area contributed by atoms with E-state index in [9.17, 15) is 9.59 Å². The summed E-state index contributed by atoms with van der Waals surface area (Å²) in [6.45, 7) is 7.67. The topological polar surface area (TPSA) is 76.1 Å². The van der Waals surface area contributed by atoms with Crippen LogP contribution in [0.25, 0.3) is 0 Å². The van der Waals surface area contributed by atoms with Gasteiger partial charge in [-0.2, -0.15) is 0 Å². The van der Waals surface area contributed by atoms with Gasteiger partial charge in [-0.25, -0.2) is 14.6 Å². The Balaban J connectivity index is 0.000000770. The van der Waals surface area contributed by atoms with Gasteiger partial charge in [-0.05, 0) is 27.2 Å². The molecule has 0 aromatic heterocycles. The fraction of sp³-hybridized carbons (Fsp3) is 0.818. The van der Waals surface area contributed by atoms with E-state index in [-0.39, 0.29) is 11.8 Å². The van der Waals surface area contributed by atoms with Gasteiger partial charge in [0, 0.05) is 12.5 Å². The molecular weight excluding hydrogens is 226 g/mol. The zero-order valence-electron chi connectivity index (χ0n) is 11.0. The molecule has 6 heteroatoms. The van der Waals surface area contributed by atoms with Crippen LogP contribution in [0.15, 0.2) is 0 Å². The first-order chi connectivity index (χ1) is 7.72. The number of carbonyl (C=O) groups is 2. The summed E-state index contributed by atoms with van der Waals surface area (Å²) in [5.41, 5.74) is -0.539. The molecule has 1 N–H and O–H groups in total. The third-order valence-electron chi connectivity index (χ3n) is 2.09. The molecule has 1 atom stereocenters. The summed E-state index contributed by atoms with van der Waals surface area (Å²) >= 11 is 0. The van der Waals surface area contributed by atoms with Gasteiger partial charge in [-0.15, -0.1) is 0 Å². The summed E-state index contributed by atoms with van der Waals surface area (Å²) in [5, 5.41) is 7.07. The highest BCUT2D eigenvalue weighted by atomic mass is 17.1. The molecule has 0 radical (unpaired) electrons. The van der Waals surface area contributed by atoms with Gasteiger partial charge in [0.25, 0.3) is 0 Å². The second kappa shape index (κ2) is 6.56. The summed E-state index contributed by atoms with van der Waals surface area (Å²) in [5.74, 6) is -0.179. The lowest BCUT2D eigenvalue weighted by Gasteiger charge is -2.23. The highest BCUT2D eigenvalue weighted by Gasteiger charge is 2.35. The largest absolute Gasteiger partial charge is 0.443 e. The van der Waals surface area contributed by atoms with Gasteiger partial charge in [0.15, 0.2) is 0 Å². The second-order valence-corrected chi connectivity index (χ2v) is 4.84. The molecule has 0 aromatic carbocycles. The lowest BCUT2D eigenvalue weighted by Crippen LogP contribution is -2.38. The van der Waals surface area contributed by atoms with Crippen LogP contribution in [0.1, 0.15) is 34.1 Å². The molecule has 2 amide bonds. The molecule has 100 valence electrons. The number of carbonyl (C=O) groups excluding carboxylic acids is 2. The molecule has 1 saturated heterocycles. The Morgan fingerprint density at radius 1 is 1.47 bits per heavy atom. The molecule has 1 fully saturated rings. The Bertz CT molecular complexity index is 272. The second-order valence-electron chi connectivity index (χ2n) is 4.84. The summed E-state index contributed by atoms with van der Waals surface area (Å²) in [6.07, 6.45) is 0.213. The molecule has 0 spiro atoms. The minimum absolute atomic E-state index is 0.0532. The van der Waals surface area contributed by atoms with E-state index in [1.807, 2.05) is 6.92 Å². The average molecular weight is 247 g/mol. The van der Waals surface area contributed by atoms with Gasteiger partial charge in [0.1, 0.15) is 5.60 Å². The van der Waals surface area contributed by atoms with Crippen molar-refractivity contribution in [3.8, 4) is 0 Å². The Labute approximate surface area is 101 Å². The Morgan fingerprint density at radius 2 is 1.94 bits per heavy atom. The number of hydrogen-bond acceptors (Lipinski definition) is 5. The number of likely N-dealkylation sites (tertiary alicyclic amines) is 1. The molecule has 0 bridgehead atoms. The van der Waals surface area contributed by atoms with E-state index in [1.54, 1.807) is 20.8 Å². The molecule has 1 aliphatic heterocycles. The van der Waals surface area contributed by atoms with Gasteiger partial charge in [-0.3, -0.25) is 10.1 Å². The standard InChI is InChI=1S/C10H17NO3.CH4O2/c1-7-5-6-11(8(7)12)9(13)14-10(2,3)4;1-3-2/h7H,5-6H2,1-4H3;2H,1H3/t7-;/m1./s1. The summed E-state index contributed by atoms with van der Waals surface area (Å²) in [6, 6.07) is 0. The number of imide groups is 1. The normalized spacial score (nSPS) is 19.8. The SMILES string of the molecule is COO.C[C@@H]1CCN(C(=O)OC(C)(C)C)C1=O. The maximum Gasteiger partial charge on any atom is 0.417 e. The fourth-order valence-electron chi connectivity index (χ4n) is 1.32. The van der Waals surface area contributed by atoms with Crippen LogP contribution >= 0.6 is 0 Å². The molecule has 1 heterocycles. The van der Waals surface area contributed by atoms with E-state index in [4.69, 9.17) is 9.99 Å². The molecule has 17 heavy (non-hydrogen) atoms. The molecule has 1 aliphatic rings. The minimum atomic E-state index is -0.539. The predicted octanol–water partition coefficient (Wildman–Crippen LogP) is 1.90. The zero-order chi connectivity index (χ0) is 13.6. The van der Waals surface area contributed by atoms with Crippen molar-refractivity contribution in [2.75, 3.05) is 13.7 Å². The molecule has 0 unspecified atom stereocenters. The van der Waals surface area contributed by atoms with Crippen molar-refractivity contribution in [2.45, 2.75) is 39.7 Å². The van der Waals surface area contributed by atoms with Crippen LogP contribution in [0.4, 0.5) is 4.79 Å².